The third kappa shape index (κ3) is 4.49. The van der Waals surface area contributed by atoms with E-state index < -0.39 is 0 Å². The Morgan fingerprint density at radius 3 is 2.29 bits per heavy atom. The summed E-state index contributed by atoms with van der Waals surface area (Å²) in [6.07, 6.45) is 0. The molecular formula is C19H24N2O3. The molecule has 5 nitrogen and oxygen atoms in total. The quantitative estimate of drug-likeness (QED) is 0.849. The summed E-state index contributed by atoms with van der Waals surface area (Å²) in [4.78, 5) is 14.4. The molecule has 0 spiro atoms. The van der Waals surface area contributed by atoms with Gasteiger partial charge < -0.3 is 19.7 Å². The third-order valence-electron chi connectivity index (χ3n) is 3.91. The van der Waals surface area contributed by atoms with Gasteiger partial charge in [-0.3, -0.25) is 4.79 Å². The van der Waals surface area contributed by atoms with Crippen molar-refractivity contribution in [2.75, 3.05) is 34.9 Å². The molecule has 0 saturated carbocycles. The van der Waals surface area contributed by atoms with Crippen LogP contribution < -0.4 is 14.8 Å². The number of methoxy groups -OCH3 is 2. The molecule has 0 aromatic heterocycles. The first-order valence-corrected chi connectivity index (χ1v) is 7.77. The molecule has 0 bridgehead atoms. The van der Waals surface area contributed by atoms with Gasteiger partial charge in [-0.25, -0.2) is 0 Å². The number of hydrogen-bond acceptors (Lipinski definition) is 4. The van der Waals surface area contributed by atoms with Crippen molar-refractivity contribution in [3.05, 3.63) is 59.7 Å². The van der Waals surface area contributed by atoms with Crippen LogP contribution in [0.4, 0.5) is 0 Å². The van der Waals surface area contributed by atoms with E-state index in [-0.39, 0.29) is 11.9 Å². The number of rotatable bonds is 7. The van der Waals surface area contributed by atoms with Crippen LogP contribution in [-0.2, 0) is 0 Å². The van der Waals surface area contributed by atoms with Gasteiger partial charge in [0.05, 0.1) is 20.3 Å². The molecule has 0 fully saturated rings. The van der Waals surface area contributed by atoms with Crippen LogP contribution in [-0.4, -0.2) is 45.7 Å². The summed E-state index contributed by atoms with van der Waals surface area (Å²) in [6, 6.07) is 15.0. The van der Waals surface area contributed by atoms with E-state index in [2.05, 4.69) is 10.2 Å². The van der Waals surface area contributed by atoms with Crippen molar-refractivity contribution in [3.8, 4) is 11.5 Å². The van der Waals surface area contributed by atoms with Crippen molar-refractivity contribution in [3.63, 3.8) is 0 Å². The van der Waals surface area contributed by atoms with E-state index in [0.717, 1.165) is 17.1 Å². The van der Waals surface area contributed by atoms with Crippen LogP contribution in [0.1, 0.15) is 22.0 Å². The summed E-state index contributed by atoms with van der Waals surface area (Å²) in [6.45, 7) is 0.505. The number of carbonyl (C=O) groups is 1. The lowest BCUT2D eigenvalue weighted by Crippen LogP contribution is -2.34. The fraction of sp³-hybridized carbons (Fsp3) is 0.316. The Bertz CT molecular complexity index is 669. The molecule has 2 rings (SSSR count). The first-order valence-electron chi connectivity index (χ1n) is 7.77. The van der Waals surface area contributed by atoms with Crippen LogP contribution in [0.25, 0.3) is 0 Å². The highest BCUT2D eigenvalue weighted by Gasteiger charge is 2.16. The number of nitrogens with one attached hydrogen (secondary N) is 1. The van der Waals surface area contributed by atoms with Gasteiger partial charge in [0.2, 0.25) is 0 Å². The molecule has 0 aliphatic heterocycles. The van der Waals surface area contributed by atoms with Gasteiger partial charge in [-0.1, -0.05) is 12.1 Å². The zero-order chi connectivity index (χ0) is 17.5. The van der Waals surface area contributed by atoms with Crippen molar-refractivity contribution in [2.24, 2.45) is 0 Å². The van der Waals surface area contributed by atoms with Gasteiger partial charge in [0.25, 0.3) is 5.91 Å². The molecule has 1 amide bonds. The minimum atomic E-state index is -0.104. The second-order valence-electron chi connectivity index (χ2n) is 5.69. The molecule has 24 heavy (non-hydrogen) atoms. The molecule has 0 heterocycles. The topological polar surface area (TPSA) is 50.8 Å². The summed E-state index contributed by atoms with van der Waals surface area (Å²) < 4.78 is 10.4. The van der Waals surface area contributed by atoms with Gasteiger partial charge in [-0.05, 0) is 56.1 Å². The monoisotopic (exact) mass is 328 g/mol. The highest BCUT2D eigenvalue weighted by atomic mass is 16.5. The molecule has 0 aliphatic rings. The van der Waals surface area contributed by atoms with Crippen molar-refractivity contribution < 1.29 is 14.3 Å². The zero-order valence-corrected chi connectivity index (χ0v) is 14.6. The maximum Gasteiger partial charge on any atom is 0.251 e. The Balaban J connectivity index is 2.06. The molecule has 5 heteroatoms. The summed E-state index contributed by atoms with van der Waals surface area (Å²) >= 11 is 0. The Hall–Kier alpha value is -2.53. The van der Waals surface area contributed by atoms with Gasteiger partial charge in [0.1, 0.15) is 11.5 Å². The molecule has 2 aromatic rings. The normalized spacial score (nSPS) is 11.9. The van der Waals surface area contributed by atoms with Gasteiger partial charge >= 0.3 is 0 Å². The minimum absolute atomic E-state index is 0.0577. The third-order valence-corrected chi connectivity index (χ3v) is 3.91. The van der Waals surface area contributed by atoms with E-state index >= 15 is 0 Å². The molecule has 1 atom stereocenters. The van der Waals surface area contributed by atoms with Gasteiger partial charge in [0.15, 0.2) is 0 Å². The second-order valence-corrected chi connectivity index (χ2v) is 5.69. The van der Waals surface area contributed by atoms with E-state index in [1.165, 1.54) is 0 Å². The maximum atomic E-state index is 12.3. The Morgan fingerprint density at radius 2 is 1.71 bits per heavy atom. The number of carbonyl (C=O) groups excluding carboxylic acids is 1. The average molecular weight is 328 g/mol. The number of likely N-dealkylation sites (N-methyl/N-ethyl adjacent to an activating group) is 1. The van der Waals surface area contributed by atoms with E-state index in [1.54, 1.807) is 38.5 Å². The van der Waals surface area contributed by atoms with E-state index in [9.17, 15) is 4.79 Å². The first kappa shape index (κ1) is 17.8. The lowest BCUT2D eigenvalue weighted by atomic mass is 10.1. The largest absolute Gasteiger partial charge is 0.497 e. The number of nitrogens with zero attached hydrogens (tertiary/aromatic N) is 1. The van der Waals surface area contributed by atoms with Gasteiger partial charge in [-0.15, -0.1) is 0 Å². The summed E-state index contributed by atoms with van der Waals surface area (Å²) in [5, 5.41) is 2.99. The second kappa shape index (κ2) is 8.36. The zero-order valence-electron chi connectivity index (χ0n) is 14.6. The molecule has 128 valence electrons. The van der Waals surface area contributed by atoms with Crippen LogP contribution in [0, 0.1) is 0 Å². The van der Waals surface area contributed by atoms with E-state index in [4.69, 9.17) is 9.47 Å². The number of ether oxygens (including phenoxy) is 2. The Kier molecular flexibility index (Phi) is 6.21. The fourth-order valence-electron chi connectivity index (χ4n) is 2.48. The van der Waals surface area contributed by atoms with Crippen LogP contribution >= 0.6 is 0 Å². The highest BCUT2D eigenvalue weighted by molar-refractivity contribution is 5.94. The van der Waals surface area contributed by atoms with E-state index in [1.807, 2.05) is 38.4 Å². The van der Waals surface area contributed by atoms with Crippen molar-refractivity contribution in [1.82, 2.24) is 10.2 Å². The summed E-state index contributed by atoms with van der Waals surface area (Å²) in [5.41, 5.74) is 1.70. The van der Waals surface area contributed by atoms with Crippen molar-refractivity contribution in [1.29, 1.82) is 0 Å². The highest BCUT2D eigenvalue weighted by Crippen LogP contribution is 2.22. The fourth-order valence-corrected chi connectivity index (χ4v) is 2.48. The van der Waals surface area contributed by atoms with Gasteiger partial charge in [0, 0.05) is 12.1 Å². The maximum absolute atomic E-state index is 12.3. The van der Waals surface area contributed by atoms with Crippen LogP contribution in [0.2, 0.25) is 0 Å². The average Bonchev–Trinajstić information content (AvgIpc) is 2.61. The first-order chi connectivity index (χ1) is 11.5. The summed E-state index contributed by atoms with van der Waals surface area (Å²) in [7, 11) is 7.23. The molecule has 0 radical (unpaired) electrons. The number of benzene rings is 2. The van der Waals surface area contributed by atoms with Crippen molar-refractivity contribution in [2.45, 2.75) is 6.04 Å². The Morgan fingerprint density at radius 1 is 1.04 bits per heavy atom. The number of hydrogen-bond donors (Lipinski definition) is 1. The lowest BCUT2D eigenvalue weighted by Gasteiger charge is -2.25. The van der Waals surface area contributed by atoms with Crippen LogP contribution in [0.5, 0.6) is 11.5 Å². The molecule has 2 aromatic carbocycles. The number of amides is 1. The van der Waals surface area contributed by atoms with Crippen LogP contribution in [0.15, 0.2) is 48.5 Å². The lowest BCUT2D eigenvalue weighted by molar-refractivity contribution is 0.0942. The standard InChI is InChI=1S/C19H24N2O3/c1-21(2)18(15-6-5-7-17(12-15)24-4)13-20-19(22)14-8-10-16(23-3)11-9-14/h5-12,18H,13H2,1-4H3,(H,20,22). The molecule has 1 N–H and O–H groups in total. The molecular weight excluding hydrogens is 304 g/mol. The minimum Gasteiger partial charge on any atom is -0.497 e. The Labute approximate surface area is 143 Å². The molecule has 0 saturated heterocycles. The summed E-state index contributed by atoms with van der Waals surface area (Å²) in [5.74, 6) is 1.43. The SMILES string of the molecule is COc1ccc(C(=O)NCC(c2cccc(OC)c2)N(C)C)cc1. The van der Waals surface area contributed by atoms with Crippen LogP contribution in [0.3, 0.4) is 0 Å². The molecule has 1 unspecified atom stereocenters. The predicted molar refractivity (Wildman–Crippen MR) is 94.7 cm³/mol. The predicted octanol–water partition coefficient (Wildman–Crippen LogP) is 2.74. The van der Waals surface area contributed by atoms with Gasteiger partial charge in [-0.2, -0.15) is 0 Å². The molecule has 0 aliphatic carbocycles. The van der Waals surface area contributed by atoms with E-state index in [0.29, 0.717) is 12.1 Å². The smallest absolute Gasteiger partial charge is 0.251 e. The van der Waals surface area contributed by atoms with Crippen molar-refractivity contribution >= 4 is 5.91 Å².